The molecule has 0 nitrogen and oxygen atoms in total. The fraction of sp³-hybridized carbons (Fsp3) is 0.333. The molecule has 0 amide bonds. The number of allylic oxidation sites excluding steroid dienone is 8. The van der Waals surface area contributed by atoms with Crippen molar-refractivity contribution in [1.29, 1.82) is 0 Å². The molecule has 0 heterocycles. The molecular formula is C12H20SiZr. The Balaban J connectivity index is 2.42. The second kappa shape index (κ2) is 3.28. The molecule has 0 aromatic heterocycles. The van der Waals surface area contributed by atoms with Gasteiger partial charge in [-0.25, -0.2) is 0 Å². The van der Waals surface area contributed by atoms with E-state index in [0.717, 1.165) is 0 Å². The second-order valence-corrected chi connectivity index (χ2v) is 47.6. The van der Waals surface area contributed by atoms with Crippen LogP contribution in [0.3, 0.4) is 0 Å². The molecule has 0 aromatic rings. The molecule has 14 heavy (non-hydrogen) atoms. The predicted molar refractivity (Wildman–Crippen MR) is 66.7 cm³/mol. The van der Waals surface area contributed by atoms with Crippen molar-refractivity contribution >= 4 is 6.88 Å². The van der Waals surface area contributed by atoms with E-state index < -0.39 is 17.4 Å². The average molecular weight is 284 g/mol. The SMILES string of the molecule is [CH3][ZrH2]([CH3])(=[SiH2])([C]1=CC=CC1)[C]1=CC=CC1. The van der Waals surface area contributed by atoms with Gasteiger partial charge >= 0.3 is 89.4 Å². The molecule has 0 bridgehead atoms. The average Bonchev–Trinajstić information content (AvgIpc) is 2.78. The Kier molecular flexibility index (Phi) is 2.48. The molecular weight excluding hydrogens is 263 g/mol. The van der Waals surface area contributed by atoms with E-state index in [4.69, 9.17) is 0 Å². The fourth-order valence-corrected chi connectivity index (χ4v) is 18.5. The molecule has 2 aliphatic carbocycles. The normalized spacial score (nSPS) is 23.1. The predicted octanol–water partition coefficient (Wildman–Crippen LogP) is 2.47. The van der Waals surface area contributed by atoms with E-state index in [0.29, 0.717) is 0 Å². The van der Waals surface area contributed by atoms with Crippen LogP contribution in [0.15, 0.2) is 43.0 Å². The molecule has 2 rings (SSSR count). The van der Waals surface area contributed by atoms with Gasteiger partial charge in [-0.1, -0.05) is 0 Å². The van der Waals surface area contributed by atoms with E-state index in [1.54, 1.807) is 6.56 Å². The van der Waals surface area contributed by atoms with E-state index in [-0.39, 0.29) is 0 Å². The molecule has 0 N–H and O–H groups in total. The summed E-state index contributed by atoms with van der Waals surface area (Å²) >= 11 is -2.81. The van der Waals surface area contributed by atoms with Gasteiger partial charge in [0.2, 0.25) is 0 Å². The van der Waals surface area contributed by atoms with E-state index in [1.807, 2.05) is 0 Å². The molecule has 0 aromatic carbocycles. The quantitative estimate of drug-likeness (QED) is 0.683. The van der Waals surface area contributed by atoms with E-state index in [2.05, 4.69) is 52.6 Å². The van der Waals surface area contributed by atoms with Crippen molar-refractivity contribution in [2.24, 2.45) is 0 Å². The minimum atomic E-state index is -2.81. The molecule has 0 atom stereocenters. The molecule has 0 radical (unpaired) electrons. The van der Waals surface area contributed by atoms with Crippen molar-refractivity contribution < 1.29 is 17.4 Å². The van der Waals surface area contributed by atoms with Crippen LogP contribution >= 0.6 is 0 Å². The third kappa shape index (κ3) is 1.63. The van der Waals surface area contributed by atoms with Crippen molar-refractivity contribution in [2.45, 2.75) is 22.1 Å². The van der Waals surface area contributed by atoms with Gasteiger partial charge in [-0.3, -0.25) is 0 Å². The standard InChI is InChI=1S/2C5H5.2CH3.H2Si.Zr.2H/c2*1-2-4-5-3-1;;;;;;/h2*1-3H,4H2;2*1H3;1H2;;;. The van der Waals surface area contributed by atoms with Crippen LogP contribution in [0.1, 0.15) is 12.8 Å². The van der Waals surface area contributed by atoms with Gasteiger partial charge in [-0.2, -0.15) is 0 Å². The zero-order valence-electron chi connectivity index (χ0n) is 9.29. The van der Waals surface area contributed by atoms with Crippen molar-refractivity contribution in [3.8, 4) is 0 Å². The van der Waals surface area contributed by atoms with Gasteiger partial charge in [0, 0.05) is 0 Å². The van der Waals surface area contributed by atoms with Gasteiger partial charge < -0.3 is 0 Å². The van der Waals surface area contributed by atoms with Crippen LogP contribution in [0.25, 0.3) is 0 Å². The maximum atomic E-state index is 2.58. The summed E-state index contributed by atoms with van der Waals surface area (Å²) in [6.07, 6.45) is 16.3. The Morgan fingerprint density at radius 3 is 1.71 bits per heavy atom. The molecule has 2 heteroatoms. The van der Waals surface area contributed by atoms with Gasteiger partial charge in [0.05, 0.1) is 0 Å². The molecule has 0 fully saturated rings. The Bertz CT molecular complexity index is 405. The first-order valence-corrected chi connectivity index (χ1v) is 24.9. The molecule has 76 valence electrons. The zero-order valence-corrected chi connectivity index (χ0v) is 14.2. The van der Waals surface area contributed by atoms with Gasteiger partial charge in [0.25, 0.3) is 0 Å². The van der Waals surface area contributed by atoms with Crippen LogP contribution < -0.4 is 0 Å². The number of rotatable bonds is 2. The second-order valence-electron chi connectivity index (χ2n) is 6.71. The van der Waals surface area contributed by atoms with Crippen molar-refractivity contribution in [3.05, 3.63) is 43.0 Å². The molecule has 0 saturated heterocycles. The summed E-state index contributed by atoms with van der Waals surface area (Å²) in [5.74, 6) is 0. The first-order chi connectivity index (χ1) is 6.49. The van der Waals surface area contributed by atoms with Gasteiger partial charge in [0.15, 0.2) is 0 Å². The van der Waals surface area contributed by atoms with Crippen LogP contribution in [0.5, 0.6) is 0 Å². The van der Waals surface area contributed by atoms with Crippen LogP contribution in [0, 0.1) is 0 Å². The minimum absolute atomic E-state index is 1.21. The third-order valence-corrected chi connectivity index (χ3v) is 29.1. The number of hydrogen-bond acceptors (Lipinski definition) is 0. The van der Waals surface area contributed by atoms with E-state index in [1.165, 1.54) is 12.8 Å². The molecule has 0 spiro atoms. The summed E-state index contributed by atoms with van der Waals surface area (Å²) < 4.78 is 8.70. The van der Waals surface area contributed by atoms with E-state index in [9.17, 15) is 0 Å². The zero-order chi connectivity index (χ0) is 10.3. The van der Waals surface area contributed by atoms with Gasteiger partial charge in [0.1, 0.15) is 0 Å². The summed E-state index contributed by atoms with van der Waals surface area (Å²) in [6, 6.07) is 0. The van der Waals surface area contributed by atoms with Gasteiger partial charge in [-0.05, 0) is 0 Å². The summed E-state index contributed by atoms with van der Waals surface area (Å²) in [6.45, 7) is 2.34. The van der Waals surface area contributed by atoms with Crippen molar-refractivity contribution in [2.75, 3.05) is 0 Å². The first kappa shape index (κ1) is 10.6. The fourth-order valence-electron chi connectivity index (χ4n) is 2.96. The summed E-state index contributed by atoms with van der Waals surface area (Å²) in [5, 5.41) is 0. The molecule has 0 saturated carbocycles. The Labute approximate surface area is 89.0 Å². The Hall–Kier alpha value is 0.0600. The third-order valence-electron chi connectivity index (χ3n) is 4.61. The summed E-state index contributed by atoms with van der Waals surface area (Å²) in [4.78, 5) is 0. The Morgan fingerprint density at radius 1 is 1.00 bits per heavy atom. The van der Waals surface area contributed by atoms with Crippen LogP contribution in [0.2, 0.25) is 9.26 Å². The first-order valence-electron chi connectivity index (χ1n) is 6.06. The maximum absolute atomic E-state index is 2.81. The van der Waals surface area contributed by atoms with Crippen molar-refractivity contribution in [3.63, 3.8) is 0 Å². The van der Waals surface area contributed by atoms with Gasteiger partial charge in [-0.15, -0.1) is 0 Å². The number of hydrogen-bond donors (Lipinski definition) is 0. The van der Waals surface area contributed by atoms with E-state index >= 15 is 0 Å². The topological polar surface area (TPSA) is 0 Å². The van der Waals surface area contributed by atoms with Crippen LogP contribution in [0.4, 0.5) is 0 Å². The molecule has 0 unspecified atom stereocenters. The Morgan fingerprint density at radius 2 is 1.43 bits per heavy atom. The van der Waals surface area contributed by atoms with Crippen LogP contribution in [-0.4, -0.2) is 6.88 Å². The van der Waals surface area contributed by atoms with Crippen LogP contribution in [-0.2, 0) is 17.4 Å². The van der Waals surface area contributed by atoms with Crippen molar-refractivity contribution in [1.82, 2.24) is 0 Å². The summed E-state index contributed by atoms with van der Waals surface area (Å²) in [5.41, 5.74) is 0. The molecule has 2 aliphatic rings. The molecule has 0 aliphatic heterocycles. The summed E-state index contributed by atoms with van der Waals surface area (Å²) in [7, 11) is 0. The monoisotopic (exact) mass is 282 g/mol.